The molecule has 2 unspecified atom stereocenters. The van der Waals surface area contributed by atoms with Gasteiger partial charge in [0.05, 0.1) is 0 Å². The minimum absolute atomic E-state index is 0. The van der Waals surface area contributed by atoms with E-state index in [-0.39, 0.29) is 12.4 Å². The highest BCUT2D eigenvalue weighted by atomic mass is 35.5. The highest BCUT2D eigenvalue weighted by Crippen LogP contribution is 2.27. The van der Waals surface area contributed by atoms with Crippen LogP contribution in [0.2, 0.25) is 0 Å². The van der Waals surface area contributed by atoms with E-state index in [1.165, 1.54) is 13.0 Å². The van der Waals surface area contributed by atoms with Crippen LogP contribution in [0.25, 0.3) is 0 Å². The summed E-state index contributed by atoms with van der Waals surface area (Å²) in [5.74, 6) is 0.796. The van der Waals surface area contributed by atoms with Gasteiger partial charge in [0.15, 0.2) is 0 Å². The monoisotopic (exact) mass is 150 g/mol. The van der Waals surface area contributed by atoms with Gasteiger partial charge >= 0.3 is 0 Å². The van der Waals surface area contributed by atoms with E-state index in [2.05, 4.69) is 19.0 Å². The van der Waals surface area contributed by atoms with Gasteiger partial charge in [0, 0.05) is 12.6 Å². The second-order valence-corrected chi connectivity index (χ2v) is 2.92. The molecule has 56 valence electrons. The summed E-state index contributed by atoms with van der Waals surface area (Å²) in [4.78, 5) is 2.19. The summed E-state index contributed by atoms with van der Waals surface area (Å²) in [6.45, 7) is 1.17. The van der Waals surface area contributed by atoms with E-state index in [0.29, 0.717) is 6.04 Å². The summed E-state index contributed by atoms with van der Waals surface area (Å²) < 4.78 is 0. The van der Waals surface area contributed by atoms with Crippen LogP contribution in [-0.2, 0) is 0 Å². The second kappa shape index (κ2) is 3.40. The molecule has 2 nitrogen and oxygen atoms in total. The molecule has 1 aliphatic rings. The Labute approximate surface area is 62.8 Å². The SMILES string of the molecule is CN(C)CC1CC1N.Cl. The molecule has 0 aliphatic heterocycles. The van der Waals surface area contributed by atoms with Gasteiger partial charge in [-0.25, -0.2) is 0 Å². The lowest BCUT2D eigenvalue weighted by Gasteiger charge is -2.06. The molecule has 3 heteroatoms. The van der Waals surface area contributed by atoms with Crippen LogP contribution in [0.15, 0.2) is 0 Å². The van der Waals surface area contributed by atoms with Crippen LogP contribution in [0.3, 0.4) is 0 Å². The Balaban J connectivity index is 0.000000640. The quantitative estimate of drug-likeness (QED) is 0.615. The van der Waals surface area contributed by atoms with Gasteiger partial charge in [-0.3, -0.25) is 0 Å². The van der Waals surface area contributed by atoms with Crippen molar-refractivity contribution in [3.8, 4) is 0 Å². The molecule has 0 aromatic heterocycles. The molecule has 0 amide bonds. The van der Waals surface area contributed by atoms with Crippen molar-refractivity contribution >= 4 is 12.4 Å². The Kier molecular flexibility index (Phi) is 3.48. The zero-order valence-electron chi connectivity index (χ0n) is 6.00. The lowest BCUT2D eigenvalue weighted by molar-refractivity contribution is 0.385. The van der Waals surface area contributed by atoms with E-state index in [4.69, 9.17) is 5.73 Å². The summed E-state index contributed by atoms with van der Waals surface area (Å²) in [7, 11) is 4.18. The van der Waals surface area contributed by atoms with Crippen LogP contribution in [0, 0.1) is 5.92 Å². The van der Waals surface area contributed by atoms with Gasteiger partial charge in [-0.15, -0.1) is 12.4 Å². The molecule has 1 fully saturated rings. The first-order valence-corrected chi connectivity index (χ1v) is 3.10. The van der Waals surface area contributed by atoms with Crippen LogP contribution < -0.4 is 5.73 Å². The van der Waals surface area contributed by atoms with Crippen molar-refractivity contribution in [1.29, 1.82) is 0 Å². The van der Waals surface area contributed by atoms with E-state index in [1.807, 2.05) is 0 Å². The predicted octanol–water partition coefficient (Wildman–Crippen LogP) is 0.317. The standard InChI is InChI=1S/C6H14N2.ClH/c1-8(2)4-5-3-6(5)7;/h5-6H,3-4,7H2,1-2H3;1H. The second-order valence-electron chi connectivity index (χ2n) is 2.92. The Morgan fingerprint density at radius 2 is 2.00 bits per heavy atom. The van der Waals surface area contributed by atoms with E-state index in [9.17, 15) is 0 Å². The summed E-state index contributed by atoms with van der Waals surface area (Å²) in [6.07, 6.45) is 1.23. The van der Waals surface area contributed by atoms with Gasteiger partial charge < -0.3 is 10.6 Å². The lowest BCUT2D eigenvalue weighted by Crippen LogP contribution is -2.18. The van der Waals surface area contributed by atoms with Gasteiger partial charge in [-0.1, -0.05) is 0 Å². The van der Waals surface area contributed by atoms with Crippen molar-refractivity contribution in [2.75, 3.05) is 20.6 Å². The summed E-state index contributed by atoms with van der Waals surface area (Å²) in [5, 5.41) is 0. The number of rotatable bonds is 2. The van der Waals surface area contributed by atoms with Crippen LogP contribution >= 0.6 is 12.4 Å². The van der Waals surface area contributed by atoms with Gasteiger partial charge in [0.2, 0.25) is 0 Å². The zero-order valence-corrected chi connectivity index (χ0v) is 6.82. The average molecular weight is 151 g/mol. The maximum atomic E-state index is 5.59. The molecule has 0 spiro atoms. The largest absolute Gasteiger partial charge is 0.327 e. The van der Waals surface area contributed by atoms with Crippen molar-refractivity contribution in [2.24, 2.45) is 11.7 Å². The molecule has 1 rings (SSSR count). The molecule has 0 aromatic carbocycles. The van der Waals surface area contributed by atoms with Gasteiger partial charge in [-0.2, -0.15) is 0 Å². The highest BCUT2D eigenvalue weighted by molar-refractivity contribution is 5.85. The van der Waals surface area contributed by atoms with Crippen molar-refractivity contribution in [3.05, 3.63) is 0 Å². The lowest BCUT2D eigenvalue weighted by atomic mass is 10.4. The normalized spacial score (nSPS) is 32.0. The van der Waals surface area contributed by atoms with E-state index in [0.717, 1.165) is 5.92 Å². The Bertz CT molecular complexity index is 85.1. The molecule has 0 saturated heterocycles. The molecular formula is C6H15ClN2. The Hall–Kier alpha value is 0.210. The molecule has 9 heavy (non-hydrogen) atoms. The number of halogens is 1. The maximum absolute atomic E-state index is 5.59. The Morgan fingerprint density at radius 3 is 2.11 bits per heavy atom. The van der Waals surface area contributed by atoms with E-state index in [1.54, 1.807) is 0 Å². The fourth-order valence-electron chi connectivity index (χ4n) is 0.950. The highest BCUT2D eigenvalue weighted by Gasteiger charge is 2.33. The maximum Gasteiger partial charge on any atom is 0.00836 e. The zero-order chi connectivity index (χ0) is 6.15. The minimum atomic E-state index is 0. The van der Waals surface area contributed by atoms with E-state index >= 15 is 0 Å². The predicted molar refractivity (Wildman–Crippen MR) is 41.9 cm³/mol. The van der Waals surface area contributed by atoms with Gasteiger partial charge in [0.25, 0.3) is 0 Å². The third kappa shape index (κ3) is 3.04. The molecule has 0 bridgehead atoms. The first-order chi connectivity index (χ1) is 3.70. The molecular weight excluding hydrogens is 136 g/mol. The smallest absolute Gasteiger partial charge is 0.00836 e. The number of hydrogen-bond donors (Lipinski definition) is 1. The van der Waals surface area contributed by atoms with Gasteiger partial charge in [-0.05, 0) is 26.4 Å². The van der Waals surface area contributed by atoms with Crippen molar-refractivity contribution < 1.29 is 0 Å². The molecule has 0 radical (unpaired) electrons. The fraction of sp³-hybridized carbons (Fsp3) is 1.00. The minimum Gasteiger partial charge on any atom is -0.327 e. The third-order valence-corrected chi connectivity index (χ3v) is 1.58. The summed E-state index contributed by atoms with van der Waals surface area (Å²) >= 11 is 0. The summed E-state index contributed by atoms with van der Waals surface area (Å²) in [5.41, 5.74) is 5.59. The molecule has 0 heterocycles. The van der Waals surface area contributed by atoms with Gasteiger partial charge in [0.1, 0.15) is 0 Å². The van der Waals surface area contributed by atoms with Crippen LogP contribution in [0.4, 0.5) is 0 Å². The van der Waals surface area contributed by atoms with Crippen LogP contribution in [-0.4, -0.2) is 31.6 Å². The first-order valence-electron chi connectivity index (χ1n) is 3.10. The molecule has 2 atom stereocenters. The van der Waals surface area contributed by atoms with Crippen LogP contribution in [0.1, 0.15) is 6.42 Å². The Morgan fingerprint density at radius 1 is 1.56 bits per heavy atom. The first kappa shape index (κ1) is 9.21. The number of hydrogen-bond acceptors (Lipinski definition) is 2. The molecule has 2 N–H and O–H groups in total. The summed E-state index contributed by atoms with van der Waals surface area (Å²) in [6, 6.07) is 0.511. The van der Waals surface area contributed by atoms with Crippen molar-refractivity contribution in [3.63, 3.8) is 0 Å². The average Bonchev–Trinajstić information content (AvgIpc) is 2.17. The van der Waals surface area contributed by atoms with Crippen molar-refractivity contribution in [1.82, 2.24) is 4.90 Å². The third-order valence-electron chi connectivity index (χ3n) is 1.58. The fourth-order valence-corrected chi connectivity index (χ4v) is 0.950. The van der Waals surface area contributed by atoms with Crippen molar-refractivity contribution in [2.45, 2.75) is 12.5 Å². The molecule has 1 aliphatic carbocycles. The molecule has 1 saturated carbocycles. The number of nitrogens with zero attached hydrogens (tertiary/aromatic N) is 1. The van der Waals surface area contributed by atoms with E-state index < -0.39 is 0 Å². The number of nitrogens with two attached hydrogens (primary N) is 1. The topological polar surface area (TPSA) is 29.3 Å². The van der Waals surface area contributed by atoms with Crippen LogP contribution in [0.5, 0.6) is 0 Å². The molecule has 0 aromatic rings.